The standard InChI is InChI=1S/C13H16ClNO3/c14-10-2-1-3-11(12(10)13(17)18)15-7-8-4-5-9(16)6-8/h1-3,8-9,15-16H,4-7H2,(H,17,18). The monoisotopic (exact) mass is 269 g/mol. The Morgan fingerprint density at radius 3 is 2.83 bits per heavy atom. The van der Waals surface area contributed by atoms with Crippen molar-refractivity contribution in [2.24, 2.45) is 5.92 Å². The highest BCUT2D eigenvalue weighted by atomic mass is 35.5. The van der Waals surface area contributed by atoms with Crippen LogP contribution in [0.5, 0.6) is 0 Å². The van der Waals surface area contributed by atoms with E-state index in [1.807, 2.05) is 0 Å². The summed E-state index contributed by atoms with van der Waals surface area (Å²) in [7, 11) is 0. The number of benzene rings is 1. The molecule has 1 aliphatic carbocycles. The quantitative estimate of drug-likeness (QED) is 0.786. The molecule has 1 saturated carbocycles. The van der Waals surface area contributed by atoms with Crippen LogP contribution in [0.3, 0.4) is 0 Å². The number of hydrogen-bond acceptors (Lipinski definition) is 3. The Hall–Kier alpha value is -1.26. The lowest BCUT2D eigenvalue weighted by atomic mass is 10.1. The molecule has 2 unspecified atom stereocenters. The number of nitrogens with one attached hydrogen (secondary N) is 1. The third kappa shape index (κ3) is 2.94. The van der Waals surface area contributed by atoms with E-state index in [2.05, 4.69) is 5.32 Å². The van der Waals surface area contributed by atoms with Crippen molar-refractivity contribution in [1.82, 2.24) is 0 Å². The molecule has 1 fully saturated rings. The SMILES string of the molecule is O=C(O)c1c(Cl)cccc1NCC1CCC(O)C1. The molecular weight excluding hydrogens is 254 g/mol. The highest BCUT2D eigenvalue weighted by molar-refractivity contribution is 6.34. The predicted octanol–water partition coefficient (Wildman–Crippen LogP) is 2.61. The topological polar surface area (TPSA) is 69.6 Å². The van der Waals surface area contributed by atoms with Crippen molar-refractivity contribution in [3.05, 3.63) is 28.8 Å². The van der Waals surface area contributed by atoms with Gasteiger partial charge in [0.2, 0.25) is 0 Å². The highest BCUT2D eigenvalue weighted by Gasteiger charge is 2.23. The van der Waals surface area contributed by atoms with Crippen molar-refractivity contribution in [2.45, 2.75) is 25.4 Å². The lowest BCUT2D eigenvalue weighted by molar-refractivity contribution is 0.0698. The second-order valence-electron chi connectivity index (χ2n) is 4.68. The maximum absolute atomic E-state index is 11.1. The lowest BCUT2D eigenvalue weighted by Crippen LogP contribution is -2.15. The van der Waals surface area contributed by atoms with Crippen molar-refractivity contribution in [2.75, 3.05) is 11.9 Å². The summed E-state index contributed by atoms with van der Waals surface area (Å²) in [5.74, 6) is -0.643. The average molecular weight is 270 g/mol. The molecule has 0 bridgehead atoms. The molecule has 1 aromatic carbocycles. The zero-order valence-electron chi connectivity index (χ0n) is 9.90. The van der Waals surface area contributed by atoms with Crippen LogP contribution in [-0.2, 0) is 0 Å². The van der Waals surface area contributed by atoms with Gasteiger partial charge in [-0.25, -0.2) is 4.79 Å². The Kier molecular flexibility index (Phi) is 4.09. The number of aliphatic hydroxyl groups is 1. The first kappa shape index (κ1) is 13.2. The highest BCUT2D eigenvalue weighted by Crippen LogP contribution is 2.28. The van der Waals surface area contributed by atoms with Crippen LogP contribution in [-0.4, -0.2) is 28.8 Å². The molecule has 4 nitrogen and oxygen atoms in total. The Labute approximate surface area is 111 Å². The number of rotatable bonds is 4. The summed E-state index contributed by atoms with van der Waals surface area (Å²) in [5.41, 5.74) is 0.647. The minimum absolute atomic E-state index is 0.109. The number of anilines is 1. The average Bonchev–Trinajstić information content (AvgIpc) is 2.72. The van der Waals surface area contributed by atoms with E-state index in [0.717, 1.165) is 19.3 Å². The largest absolute Gasteiger partial charge is 0.478 e. The number of halogens is 1. The van der Waals surface area contributed by atoms with Gasteiger partial charge in [0.1, 0.15) is 5.56 Å². The van der Waals surface area contributed by atoms with E-state index in [1.165, 1.54) is 0 Å². The summed E-state index contributed by atoms with van der Waals surface area (Å²) in [4.78, 5) is 11.1. The van der Waals surface area contributed by atoms with E-state index >= 15 is 0 Å². The maximum atomic E-state index is 11.1. The summed E-state index contributed by atoms with van der Waals surface area (Å²) in [5, 5.41) is 21.9. The van der Waals surface area contributed by atoms with E-state index in [9.17, 15) is 9.90 Å². The molecular formula is C13H16ClNO3. The second kappa shape index (κ2) is 5.59. The molecule has 18 heavy (non-hydrogen) atoms. The van der Waals surface area contributed by atoms with Gasteiger partial charge in [-0.05, 0) is 37.3 Å². The van der Waals surface area contributed by atoms with Crippen LogP contribution in [0.15, 0.2) is 18.2 Å². The van der Waals surface area contributed by atoms with E-state index in [0.29, 0.717) is 18.2 Å². The van der Waals surface area contributed by atoms with Gasteiger partial charge in [0.15, 0.2) is 0 Å². The Bertz CT molecular complexity index is 450. The van der Waals surface area contributed by atoms with Gasteiger partial charge >= 0.3 is 5.97 Å². The van der Waals surface area contributed by atoms with E-state index < -0.39 is 5.97 Å². The molecule has 0 amide bonds. The first-order valence-corrected chi connectivity index (χ1v) is 6.39. The van der Waals surface area contributed by atoms with Crippen LogP contribution in [0, 0.1) is 5.92 Å². The van der Waals surface area contributed by atoms with Crippen LogP contribution in [0.1, 0.15) is 29.6 Å². The molecule has 0 aliphatic heterocycles. The molecule has 2 atom stereocenters. The number of hydrogen-bond donors (Lipinski definition) is 3. The van der Waals surface area contributed by atoms with Crippen LogP contribution >= 0.6 is 11.6 Å². The van der Waals surface area contributed by atoms with Crippen molar-refractivity contribution < 1.29 is 15.0 Å². The molecule has 5 heteroatoms. The van der Waals surface area contributed by atoms with Crippen LogP contribution in [0.25, 0.3) is 0 Å². The Morgan fingerprint density at radius 1 is 1.44 bits per heavy atom. The van der Waals surface area contributed by atoms with Gasteiger partial charge in [0.25, 0.3) is 0 Å². The number of carbonyl (C=O) groups is 1. The number of carboxylic acid groups (broad SMARTS) is 1. The van der Waals surface area contributed by atoms with Gasteiger partial charge in [0.05, 0.1) is 16.8 Å². The Balaban J connectivity index is 2.05. The molecule has 3 N–H and O–H groups in total. The normalized spacial score (nSPS) is 23.0. The van der Waals surface area contributed by atoms with Crippen molar-refractivity contribution in [3.63, 3.8) is 0 Å². The molecule has 2 rings (SSSR count). The van der Waals surface area contributed by atoms with Crippen LogP contribution in [0.4, 0.5) is 5.69 Å². The van der Waals surface area contributed by atoms with Gasteiger partial charge in [0, 0.05) is 6.54 Å². The molecule has 0 aromatic heterocycles. The van der Waals surface area contributed by atoms with E-state index in [1.54, 1.807) is 18.2 Å². The molecule has 0 radical (unpaired) electrons. The third-order valence-corrected chi connectivity index (χ3v) is 3.64. The first-order chi connectivity index (χ1) is 8.58. The minimum Gasteiger partial charge on any atom is -0.478 e. The summed E-state index contributed by atoms with van der Waals surface area (Å²) in [6.45, 7) is 0.664. The van der Waals surface area contributed by atoms with Gasteiger partial charge in [-0.15, -0.1) is 0 Å². The molecule has 0 spiro atoms. The van der Waals surface area contributed by atoms with Crippen molar-refractivity contribution in [3.8, 4) is 0 Å². The van der Waals surface area contributed by atoms with Crippen molar-refractivity contribution >= 4 is 23.3 Å². The third-order valence-electron chi connectivity index (χ3n) is 3.32. The summed E-state index contributed by atoms with van der Waals surface area (Å²) >= 11 is 5.88. The number of aliphatic hydroxyl groups excluding tert-OH is 1. The summed E-state index contributed by atoms with van der Waals surface area (Å²) in [6.07, 6.45) is 2.36. The number of carboxylic acids is 1. The zero-order chi connectivity index (χ0) is 13.1. The van der Waals surface area contributed by atoms with Crippen LogP contribution < -0.4 is 5.32 Å². The van der Waals surface area contributed by atoms with Gasteiger partial charge < -0.3 is 15.5 Å². The molecule has 1 aliphatic rings. The number of aromatic carboxylic acids is 1. The molecule has 0 heterocycles. The molecule has 0 saturated heterocycles. The fourth-order valence-corrected chi connectivity index (χ4v) is 2.63. The van der Waals surface area contributed by atoms with E-state index in [4.69, 9.17) is 16.7 Å². The van der Waals surface area contributed by atoms with Crippen LogP contribution in [0.2, 0.25) is 5.02 Å². The lowest BCUT2D eigenvalue weighted by Gasteiger charge is -2.14. The fraction of sp³-hybridized carbons (Fsp3) is 0.462. The van der Waals surface area contributed by atoms with E-state index in [-0.39, 0.29) is 16.7 Å². The fourth-order valence-electron chi connectivity index (χ4n) is 2.38. The smallest absolute Gasteiger partial charge is 0.339 e. The first-order valence-electron chi connectivity index (χ1n) is 6.01. The minimum atomic E-state index is -1.03. The second-order valence-corrected chi connectivity index (χ2v) is 5.09. The van der Waals surface area contributed by atoms with Gasteiger partial charge in [-0.1, -0.05) is 17.7 Å². The molecule has 1 aromatic rings. The summed E-state index contributed by atoms with van der Waals surface area (Å²) < 4.78 is 0. The van der Waals surface area contributed by atoms with Gasteiger partial charge in [-0.2, -0.15) is 0 Å². The summed E-state index contributed by atoms with van der Waals surface area (Å²) in [6, 6.07) is 5.00. The molecule has 98 valence electrons. The Morgan fingerprint density at radius 2 is 2.22 bits per heavy atom. The maximum Gasteiger partial charge on any atom is 0.339 e. The van der Waals surface area contributed by atoms with Gasteiger partial charge in [-0.3, -0.25) is 0 Å². The van der Waals surface area contributed by atoms with Crippen molar-refractivity contribution in [1.29, 1.82) is 0 Å². The predicted molar refractivity (Wildman–Crippen MR) is 70.2 cm³/mol. The zero-order valence-corrected chi connectivity index (χ0v) is 10.7.